The normalized spacial score (nSPS) is 24.0. The maximum absolute atomic E-state index is 12.6. The molecule has 2 rings (SSSR count). The van der Waals surface area contributed by atoms with Gasteiger partial charge in [-0.05, 0) is 45.1 Å². The lowest BCUT2D eigenvalue weighted by Gasteiger charge is -2.31. The quantitative estimate of drug-likeness (QED) is 0.735. The van der Waals surface area contributed by atoms with Crippen molar-refractivity contribution in [1.82, 2.24) is 4.90 Å². The van der Waals surface area contributed by atoms with Crippen molar-refractivity contribution in [1.29, 1.82) is 0 Å². The first kappa shape index (κ1) is 16.8. The lowest BCUT2D eigenvalue weighted by atomic mass is 10.0. The van der Waals surface area contributed by atoms with Crippen LogP contribution in [0.4, 0.5) is 0 Å². The molecule has 1 aliphatic carbocycles. The standard InChI is InChI=1S/C17H32N2O2/c18-12-6-13-19(15-7-3-1-2-4-8-15)17(20)11-10-16-9-5-14-21-16/h15-16H,1-14,18H2. The molecule has 0 spiro atoms. The Kier molecular flexibility index (Phi) is 7.51. The molecule has 4 nitrogen and oxygen atoms in total. The maximum Gasteiger partial charge on any atom is 0.222 e. The van der Waals surface area contributed by atoms with Gasteiger partial charge < -0.3 is 15.4 Å². The van der Waals surface area contributed by atoms with Crippen LogP contribution in [0.15, 0.2) is 0 Å². The van der Waals surface area contributed by atoms with E-state index < -0.39 is 0 Å². The first-order chi connectivity index (χ1) is 10.3. The molecule has 1 saturated carbocycles. The average molecular weight is 296 g/mol. The molecule has 1 unspecified atom stereocenters. The summed E-state index contributed by atoms with van der Waals surface area (Å²) in [6.45, 7) is 2.38. The summed E-state index contributed by atoms with van der Waals surface area (Å²) in [5, 5.41) is 0. The number of nitrogens with zero attached hydrogens (tertiary/aromatic N) is 1. The van der Waals surface area contributed by atoms with Crippen LogP contribution in [0.25, 0.3) is 0 Å². The number of nitrogens with two attached hydrogens (primary N) is 1. The second-order valence-corrected chi connectivity index (χ2v) is 6.55. The molecule has 0 aromatic rings. The smallest absolute Gasteiger partial charge is 0.222 e. The molecule has 2 fully saturated rings. The fourth-order valence-corrected chi connectivity index (χ4v) is 3.64. The summed E-state index contributed by atoms with van der Waals surface area (Å²) in [4.78, 5) is 14.8. The fourth-order valence-electron chi connectivity index (χ4n) is 3.64. The summed E-state index contributed by atoms with van der Waals surface area (Å²) in [6.07, 6.45) is 12.6. The van der Waals surface area contributed by atoms with Crippen molar-refractivity contribution in [3.05, 3.63) is 0 Å². The molecule has 2 N–H and O–H groups in total. The van der Waals surface area contributed by atoms with Crippen LogP contribution in [0.3, 0.4) is 0 Å². The van der Waals surface area contributed by atoms with E-state index in [2.05, 4.69) is 4.90 Å². The Morgan fingerprint density at radius 2 is 1.86 bits per heavy atom. The number of carbonyl (C=O) groups excluding carboxylic acids is 1. The van der Waals surface area contributed by atoms with Gasteiger partial charge in [-0.25, -0.2) is 0 Å². The maximum atomic E-state index is 12.6. The molecule has 1 atom stereocenters. The zero-order valence-corrected chi connectivity index (χ0v) is 13.4. The minimum Gasteiger partial charge on any atom is -0.378 e. The highest BCUT2D eigenvalue weighted by molar-refractivity contribution is 5.76. The molecule has 0 aromatic carbocycles. The molecule has 21 heavy (non-hydrogen) atoms. The summed E-state index contributed by atoms with van der Waals surface area (Å²) in [7, 11) is 0. The number of hydrogen-bond acceptors (Lipinski definition) is 3. The summed E-state index contributed by atoms with van der Waals surface area (Å²) in [6, 6.07) is 0.455. The van der Waals surface area contributed by atoms with E-state index >= 15 is 0 Å². The molecule has 0 radical (unpaired) electrons. The number of amides is 1. The van der Waals surface area contributed by atoms with Crippen molar-refractivity contribution in [2.24, 2.45) is 5.73 Å². The first-order valence-corrected chi connectivity index (χ1v) is 8.92. The highest BCUT2D eigenvalue weighted by Gasteiger charge is 2.25. The van der Waals surface area contributed by atoms with Crippen molar-refractivity contribution in [3.8, 4) is 0 Å². The van der Waals surface area contributed by atoms with Crippen LogP contribution < -0.4 is 5.73 Å². The summed E-state index contributed by atoms with van der Waals surface area (Å²) >= 11 is 0. The summed E-state index contributed by atoms with van der Waals surface area (Å²) in [5.74, 6) is 0.325. The van der Waals surface area contributed by atoms with Crippen LogP contribution in [-0.2, 0) is 9.53 Å². The molecule has 2 aliphatic rings. The Labute approximate surface area is 129 Å². The third-order valence-electron chi connectivity index (χ3n) is 4.89. The van der Waals surface area contributed by atoms with Gasteiger partial charge in [0.25, 0.3) is 0 Å². The Bertz CT molecular complexity index is 295. The molecule has 1 aliphatic heterocycles. The third kappa shape index (κ3) is 5.59. The van der Waals surface area contributed by atoms with Crippen LogP contribution >= 0.6 is 0 Å². The van der Waals surface area contributed by atoms with Gasteiger partial charge in [0.05, 0.1) is 6.10 Å². The van der Waals surface area contributed by atoms with E-state index in [1.165, 1.54) is 38.5 Å². The average Bonchev–Trinajstić information content (AvgIpc) is 2.88. The van der Waals surface area contributed by atoms with Crippen LogP contribution in [0, 0.1) is 0 Å². The van der Waals surface area contributed by atoms with Gasteiger partial charge >= 0.3 is 0 Å². The van der Waals surface area contributed by atoms with Crippen molar-refractivity contribution in [3.63, 3.8) is 0 Å². The van der Waals surface area contributed by atoms with Gasteiger partial charge in [-0.1, -0.05) is 25.7 Å². The van der Waals surface area contributed by atoms with E-state index in [1.807, 2.05) is 0 Å². The Morgan fingerprint density at radius 1 is 1.10 bits per heavy atom. The largest absolute Gasteiger partial charge is 0.378 e. The topological polar surface area (TPSA) is 55.6 Å². The van der Waals surface area contributed by atoms with Gasteiger partial charge in [0.2, 0.25) is 5.91 Å². The molecular formula is C17H32N2O2. The van der Waals surface area contributed by atoms with Gasteiger partial charge in [-0.3, -0.25) is 4.79 Å². The molecule has 0 aromatic heterocycles. The lowest BCUT2D eigenvalue weighted by Crippen LogP contribution is -2.41. The lowest BCUT2D eigenvalue weighted by molar-refractivity contribution is -0.134. The highest BCUT2D eigenvalue weighted by atomic mass is 16.5. The van der Waals surface area contributed by atoms with Crippen LogP contribution in [0.2, 0.25) is 0 Å². The summed E-state index contributed by atoms with van der Waals surface area (Å²) < 4.78 is 5.64. The highest BCUT2D eigenvalue weighted by Crippen LogP contribution is 2.24. The van der Waals surface area contributed by atoms with Gasteiger partial charge in [0.15, 0.2) is 0 Å². The van der Waals surface area contributed by atoms with Crippen LogP contribution in [0.5, 0.6) is 0 Å². The van der Waals surface area contributed by atoms with Gasteiger partial charge in [0, 0.05) is 25.6 Å². The van der Waals surface area contributed by atoms with E-state index in [-0.39, 0.29) is 0 Å². The molecular weight excluding hydrogens is 264 g/mol. The van der Waals surface area contributed by atoms with E-state index in [0.29, 0.717) is 31.0 Å². The number of hydrogen-bond donors (Lipinski definition) is 1. The van der Waals surface area contributed by atoms with Crippen molar-refractivity contribution in [2.45, 2.75) is 82.8 Å². The Hall–Kier alpha value is -0.610. The second kappa shape index (κ2) is 9.42. The zero-order chi connectivity index (χ0) is 14.9. The van der Waals surface area contributed by atoms with Crippen LogP contribution in [-0.4, -0.2) is 42.6 Å². The monoisotopic (exact) mass is 296 g/mol. The molecule has 122 valence electrons. The van der Waals surface area contributed by atoms with Crippen molar-refractivity contribution < 1.29 is 9.53 Å². The van der Waals surface area contributed by atoms with Gasteiger partial charge in [0.1, 0.15) is 0 Å². The van der Waals surface area contributed by atoms with Crippen LogP contribution in [0.1, 0.15) is 70.6 Å². The van der Waals surface area contributed by atoms with E-state index in [4.69, 9.17) is 10.5 Å². The second-order valence-electron chi connectivity index (χ2n) is 6.55. The van der Waals surface area contributed by atoms with E-state index in [0.717, 1.165) is 38.8 Å². The molecule has 1 amide bonds. The predicted molar refractivity (Wildman–Crippen MR) is 85.1 cm³/mol. The molecule has 0 bridgehead atoms. The van der Waals surface area contributed by atoms with Crippen molar-refractivity contribution >= 4 is 5.91 Å². The minimum absolute atomic E-state index is 0.319. The number of ether oxygens (including phenoxy) is 1. The van der Waals surface area contributed by atoms with E-state index in [1.54, 1.807) is 0 Å². The first-order valence-electron chi connectivity index (χ1n) is 8.92. The van der Waals surface area contributed by atoms with E-state index in [9.17, 15) is 4.79 Å². The van der Waals surface area contributed by atoms with Gasteiger partial charge in [-0.2, -0.15) is 0 Å². The molecule has 1 heterocycles. The number of carbonyl (C=O) groups is 1. The van der Waals surface area contributed by atoms with Gasteiger partial charge in [-0.15, -0.1) is 0 Å². The zero-order valence-electron chi connectivity index (χ0n) is 13.4. The Morgan fingerprint density at radius 3 is 2.48 bits per heavy atom. The molecule has 1 saturated heterocycles. The Balaban J connectivity index is 1.84. The third-order valence-corrected chi connectivity index (χ3v) is 4.89. The predicted octanol–water partition coefficient (Wildman–Crippen LogP) is 2.85. The summed E-state index contributed by atoms with van der Waals surface area (Å²) in [5.41, 5.74) is 5.65. The van der Waals surface area contributed by atoms with Crippen molar-refractivity contribution in [2.75, 3.05) is 19.7 Å². The SMILES string of the molecule is NCCCN(C(=O)CCC1CCCO1)C1CCCCCC1. The minimum atomic E-state index is 0.319. The molecule has 4 heteroatoms. The fraction of sp³-hybridized carbons (Fsp3) is 0.941. The number of rotatable bonds is 7.